The maximum Gasteiger partial charge on any atom is 0.326 e. The molecule has 1 aromatic carbocycles. The van der Waals surface area contributed by atoms with Gasteiger partial charge in [-0.2, -0.15) is 0 Å². The summed E-state index contributed by atoms with van der Waals surface area (Å²) in [7, 11) is 0. The van der Waals surface area contributed by atoms with Crippen molar-refractivity contribution >= 4 is 41.0 Å². The Bertz CT molecular complexity index is 818. The second-order valence-electron chi connectivity index (χ2n) is 7.71. The average Bonchev–Trinajstić information content (AvgIpc) is 2.74. The van der Waals surface area contributed by atoms with Gasteiger partial charge in [-0.25, -0.2) is 4.79 Å². The molecule has 0 spiro atoms. The van der Waals surface area contributed by atoms with Crippen molar-refractivity contribution in [2.75, 3.05) is 11.9 Å². The molecule has 0 radical (unpaired) electrons. The predicted octanol–water partition coefficient (Wildman–Crippen LogP) is 2.53. The maximum atomic E-state index is 13.1. The Morgan fingerprint density at radius 2 is 1.84 bits per heavy atom. The van der Waals surface area contributed by atoms with E-state index in [1.807, 2.05) is 6.92 Å². The quantitative estimate of drug-likeness (QED) is 0.265. The van der Waals surface area contributed by atoms with Gasteiger partial charge in [-0.1, -0.05) is 45.2 Å². The number of nitrogens with one attached hydrogen (secondary N) is 3. The lowest BCUT2D eigenvalue weighted by Crippen LogP contribution is -2.54. The van der Waals surface area contributed by atoms with Crippen molar-refractivity contribution < 1.29 is 24.3 Å². The van der Waals surface area contributed by atoms with E-state index in [-0.39, 0.29) is 18.8 Å². The summed E-state index contributed by atoms with van der Waals surface area (Å²) in [5.74, 6) is -3.38. The fourth-order valence-corrected chi connectivity index (χ4v) is 3.16. The summed E-state index contributed by atoms with van der Waals surface area (Å²) in [6.45, 7) is 6.37. The van der Waals surface area contributed by atoms with Crippen LogP contribution in [0.4, 0.5) is 5.69 Å². The zero-order chi connectivity index (χ0) is 24.3. The van der Waals surface area contributed by atoms with Gasteiger partial charge in [0.05, 0.1) is 5.56 Å². The lowest BCUT2D eigenvalue weighted by Gasteiger charge is -2.26. The second-order valence-corrected chi connectivity index (χ2v) is 8.15. The molecular formula is C22H33ClN4O5. The number of carboxylic acid groups (broad SMARTS) is 1. The molecule has 1 aromatic rings. The predicted molar refractivity (Wildman–Crippen MR) is 124 cm³/mol. The standard InChI is InChI=1S/C22H33ClN4O5/c1-4-6-11-25-16-8-7-14(23)12-15(16)20(29)27-19(13(3)5-2)21(30)26-17(22(31)32)9-10-18(24)28/h7-8,12-13,17,19,25H,4-6,9-11H2,1-3H3,(H2,24,28)(H,26,30)(H,27,29)(H,31,32)/t13?,17-,19+/m1/s1. The molecule has 0 fully saturated rings. The van der Waals surface area contributed by atoms with Crippen LogP contribution in [0.5, 0.6) is 0 Å². The molecule has 9 nitrogen and oxygen atoms in total. The summed E-state index contributed by atoms with van der Waals surface area (Å²) >= 11 is 6.09. The molecule has 0 saturated heterocycles. The number of hydrogen-bond acceptors (Lipinski definition) is 5. The van der Waals surface area contributed by atoms with Gasteiger partial charge in [0, 0.05) is 23.7 Å². The smallest absolute Gasteiger partial charge is 0.326 e. The minimum absolute atomic E-state index is 0.141. The molecular weight excluding hydrogens is 436 g/mol. The molecule has 0 aliphatic rings. The Labute approximate surface area is 193 Å². The number of halogens is 1. The van der Waals surface area contributed by atoms with E-state index in [4.69, 9.17) is 17.3 Å². The summed E-state index contributed by atoms with van der Waals surface area (Å²) in [4.78, 5) is 48.4. The zero-order valence-corrected chi connectivity index (χ0v) is 19.5. The van der Waals surface area contributed by atoms with Crippen LogP contribution in [0.1, 0.15) is 63.2 Å². The van der Waals surface area contributed by atoms with Crippen LogP contribution >= 0.6 is 11.6 Å². The number of unbranched alkanes of at least 4 members (excludes halogenated alkanes) is 1. The van der Waals surface area contributed by atoms with Crippen LogP contribution in [0, 0.1) is 5.92 Å². The topological polar surface area (TPSA) is 151 Å². The molecule has 0 saturated carbocycles. The highest BCUT2D eigenvalue weighted by atomic mass is 35.5. The van der Waals surface area contributed by atoms with Gasteiger partial charge in [-0.05, 0) is 37.0 Å². The highest BCUT2D eigenvalue weighted by Crippen LogP contribution is 2.22. The van der Waals surface area contributed by atoms with Gasteiger partial charge in [0.15, 0.2) is 0 Å². The number of hydrogen-bond donors (Lipinski definition) is 5. The summed E-state index contributed by atoms with van der Waals surface area (Å²) < 4.78 is 0. The number of carbonyl (C=O) groups is 4. The lowest BCUT2D eigenvalue weighted by atomic mass is 9.97. The molecule has 0 aliphatic heterocycles. The summed E-state index contributed by atoms with van der Waals surface area (Å²) in [6, 6.07) is 2.61. The molecule has 0 aromatic heterocycles. The number of benzene rings is 1. The third kappa shape index (κ3) is 8.74. The Morgan fingerprint density at radius 1 is 1.16 bits per heavy atom. The minimum atomic E-state index is -1.30. The number of carboxylic acids is 1. The first-order chi connectivity index (χ1) is 15.1. The van der Waals surface area contributed by atoms with Crippen molar-refractivity contribution in [2.24, 2.45) is 11.7 Å². The van der Waals surface area contributed by atoms with Gasteiger partial charge in [0.1, 0.15) is 12.1 Å². The van der Waals surface area contributed by atoms with Gasteiger partial charge >= 0.3 is 5.97 Å². The maximum absolute atomic E-state index is 13.1. The molecule has 32 heavy (non-hydrogen) atoms. The van der Waals surface area contributed by atoms with Crippen molar-refractivity contribution in [1.82, 2.24) is 10.6 Å². The van der Waals surface area contributed by atoms with Crippen molar-refractivity contribution in [3.63, 3.8) is 0 Å². The molecule has 0 heterocycles. The van der Waals surface area contributed by atoms with Gasteiger partial charge < -0.3 is 26.8 Å². The van der Waals surface area contributed by atoms with Crippen LogP contribution in [0.3, 0.4) is 0 Å². The molecule has 6 N–H and O–H groups in total. The number of anilines is 1. The number of primary amides is 1. The molecule has 1 rings (SSSR count). The molecule has 0 aliphatic carbocycles. The van der Waals surface area contributed by atoms with E-state index >= 15 is 0 Å². The third-order valence-corrected chi connectivity index (χ3v) is 5.38. The molecule has 3 atom stereocenters. The summed E-state index contributed by atoms with van der Waals surface area (Å²) in [5.41, 5.74) is 5.96. The fraction of sp³-hybridized carbons (Fsp3) is 0.545. The molecule has 1 unspecified atom stereocenters. The van der Waals surface area contributed by atoms with E-state index in [1.165, 1.54) is 6.07 Å². The average molecular weight is 469 g/mol. The summed E-state index contributed by atoms with van der Waals surface area (Å²) in [6.07, 6.45) is 2.14. The van der Waals surface area contributed by atoms with Gasteiger partial charge in [0.2, 0.25) is 11.8 Å². The summed E-state index contributed by atoms with van der Waals surface area (Å²) in [5, 5.41) is 18.1. The third-order valence-electron chi connectivity index (χ3n) is 5.15. The van der Waals surface area contributed by atoms with Gasteiger partial charge in [-0.3, -0.25) is 14.4 Å². The van der Waals surface area contributed by atoms with E-state index in [9.17, 15) is 24.3 Å². The molecule has 0 bridgehead atoms. The zero-order valence-electron chi connectivity index (χ0n) is 18.7. The Hall–Kier alpha value is -2.81. The first-order valence-corrected chi connectivity index (χ1v) is 11.1. The highest BCUT2D eigenvalue weighted by Gasteiger charge is 2.30. The first kappa shape index (κ1) is 27.2. The van der Waals surface area contributed by atoms with E-state index in [1.54, 1.807) is 19.1 Å². The van der Waals surface area contributed by atoms with Crippen molar-refractivity contribution in [3.05, 3.63) is 28.8 Å². The van der Waals surface area contributed by atoms with E-state index in [0.717, 1.165) is 12.8 Å². The van der Waals surface area contributed by atoms with Crippen molar-refractivity contribution in [1.29, 1.82) is 0 Å². The monoisotopic (exact) mass is 468 g/mol. The Kier molecular flexibility index (Phi) is 11.5. The van der Waals surface area contributed by atoms with Crippen molar-refractivity contribution in [3.8, 4) is 0 Å². The number of aliphatic carboxylic acids is 1. The number of carbonyl (C=O) groups excluding carboxylic acids is 3. The fourth-order valence-electron chi connectivity index (χ4n) is 2.98. The minimum Gasteiger partial charge on any atom is -0.480 e. The lowest BCUT2D eigenvalue weighted by molar-refractivity contribution is -0.142. The SMILES string of the molecule is CCCCNc1ccc(Cl)cc1C(=O)N[C@H](C(=O)N[C@H](CCC(N)=O)C(=O)O)C(C)CC. The van der Waals surface area contributed by atoms with Crippen LogP contribution in [-0.4, -0.2) is 47.4 Å². The van der Waals surface area contributed by atoms with E-state index in [0.29, 0.717) is 29.2 Å². The van der Waals surface area contributed by atoms with Crippen molar-refractivity contribution in [2.45, 2.75) is 65.0 Å². The molecule has 10 heteroatoms. The Morgan fingerprint density at radius 3 is 2.41 bits per heavy atom. The van der Waals surface area contributed by atoms with Crippen LogP contribution in [0.25, 0.3) is 0 Å². The largest absolute Gasteiger partial charge is 0.480 e. The molecule has 178 valence electrons. The van der Waals surface area contributed by atoms with E-state index < -0.39 is 35.8 Å². The normalized spacial score (nSPS) is 13.5. The number of amides is 3. The van der Waals surface area contributed by atoms with Gasteiger partial charge in [-0.15, -0.1) is 0 Å². The Balaban J connectivity index is 3.05. The number of rotatable bonds is 14. The van der Waals surface area contributed by atoms with Crippen LogP contribution in [-0.2, 0) is 14.4 Å². The van der Waals surface area contributed by atoms with Crippen LogP contribution < -0.4 is 21.7 Å². The number of nitrogens with two attached hydrogens (primary N) is 1. The second kappa shape index (κ2) is 13.6. The first-order valence-electron chi connectivity index (χ1n) is 10.8. The van der Waals surface area contributed by atoms with Crippen LogP contribution in [0.2, 0.25) is 5.02 Å². The van der Waals surface area contributed by atoms with Crippen LogP contribution in [0.15, 0.2) is 18.2 Å². The van der Waals surface area contributed by atoms with Gasteiger partial charge in [0.25, 0.3) is 5.91 Å². The highest BCUT2D eigenvalue weighted by molar-refractivity contribution is 6.31. The van der Waals surface area contributed by atoms with E-state index in [2.05, 4.69) is 22.9 Å². The molecule has 3 amide bonds.